The SMILES string of the molecule is CCS(=O)(=O)c1cccc(S(=O)(=O)NC2CCNCC2)c1.Cl. The van der Waals surface area contributed by atoms with Crippen molar-refractivity contribution in [1.29, 1.82) is 0 Å². The molecule has 0 spiro atoms. The predicted octanol–water partition coefficient (Wildman–Crippen LogP) is 0.932. The molecular weight excluding hydrogens is 348 g/mol. The molecule has 1 aliphatic heterocycles. The Hall–Kier alpha value is -0.670. The molecule has 1 saturated heterocycles. The average Bonchev–Trinajstić information content (AvgIpc) is 2.48. The van der Waals surface area contributed by atoms with Gasteiger partial charge in [0, 0.05) is 6.04 Å². The van der Waals surface area contributed by atoms with E-state index in [1.165, 1.54) is 31.2 Å². The summed E-state index contributed by atoms with van der Waals surface area (Å²) in [6, 6.07) is 5.41. The van der Waals surface area contributed by atoms with Gasteiger partial charge in [0.05, 0.1) is 15.5 Å². The van der Waals surface area contributed by atoms with Crippen molar-refractivity contribution in [1.82, 2.24) is 10.0 Å². The van der Waals surface area contributed by atoms with E-state index in [4.69, 9.17) is 0 Å². The van der Waals surface area contributed by atoms with Gasteiger partial charge in [-0.1, -0.05) is 13.0 Å². The van der Waals surface area contributed by atoms with Gasteiger partial charge in [-0.15, -0.1) is 12.4 Å². The second-order valence-electron chi connectivity index (χ2n) is 5.02. The Morgan fingerprint density at radius 3 is 2.32 bits per heavy atom. The van der Waals surface area contributed by atoms with Crippen LogP contribution in [-0.2, 0) is 19.9 Å². The van der Waals surface area contributed by atoms with Crippen molar-refractivity contribution in [3.8, 4) is 0 Å². The van der Waals surface area contributed by atoms with Crippen LogP contribution in [0.5, 0.6) is 0 Å². The molecule has 2 rings (SSSR count). The Bertz CT molecular complexity index is 699. The Labute approximate surface area is 138 Å². The van der Waals surface area contributed by atoms with Crippen LogP contribution in [0, 0.1) is 0 Å². The topological polar surface area (TPSA) is 92.3 Å². The lowest BCUT2D eigenvalue weighted by Gasteiger charge is -2.23. The van der Waals surface area contributed by atoms with Gasteiger partial charge >= 0.3 is 0 Å². The summed E-state index contributed by atoms with van der Waals surface area (Å²) >= 11 is 0. The van der Waals surface area contributed by atoms with E-state index in [-0.39, 0.29) is 34.0 Å². The van der Waals surface area contributed by atoms with Crippen LogP contribution in [0.2, 0.25) is 0 Å². The number of sulfone groups is 1. The van der Waals surface area contributed by atoms with E-state index in [1.807, 2.05) is 0 Å². The van der Waals surface area contributed by atoms with Crippen LogP contribution in [0.4, 0.5) is 0 Å². The minimum absolute atomic E-state index is 0. The minimum Gasteiger partial charge on any atom is -0.317 e. The lowest BCUT2D eigenvalue weighted by Crippen LogP contribution is -2.42. The first-order chi connectivity index (χ1) is 9.85. The largest absolute Gasteiger partial charge is 0.317 e. The molecule has 2 N–H and O–H groups in total. The highest BCUT2D eigenvalue weighted by atomic mass is 35.5. The van der Waals surface area contributed by atoms with Gasteiger partial charge in [0.15, 0.2) is 9.84 Å². The molecule has 1 aliphatic rings. The first-order valence-electron chi connectivity index (χ1n) is 6.91. The van der Waals surface area contributed by atoms with Gasteiger partial charge in [-0.3, -0.25) is 0 Å². The van der Waals surface area contributed by atoms with Gasteiger partial charge in [-0.25, -0.2) is 21.6 Å². The Morgan fingerprint density at radius 2 is 1.73 bits per heavy atom. The van der Waals surface area contributed by atoms with Crippen LogP contribution in [-0.4, -0.2) is 41.7 Å². The Morgan fingerprint density at radius 1 is 1.14 bits per heavy atom. The molecule has 9 heteroatoms. The molecule has 0 amide bonds. The summed E-state index contributed by atoms with van der Waals surface area (Å²) in [4.78, 5) is 0.0359. The molecule has 1 aromatic rings. The summed E-state index contributed by atoms with van der Waals surface area (Å²) in [7, 11) is -7.11. The van der Waals surface area contributed by atoms with Crippen molar-refractivity contribution in [3.63, 3.8) is 0 Å². The number of piperidine rings is 1. The first-order valence-corrected chi connectivity index (χ1v) is 10.0. The smallest absolute Gasteiger partial charge is 0.240 e. The van der Waals surface area contributed by atoms with Crippen molar-refractivity contribution in [3.05, 3.63) is 24.3 Å². The highest BCUT2D eigenvalue weighted by molar-refractivity contribution is 7.91. The standard InChI is InChI=1S/C13H20N2O4S2.ClH/c1-2-20(16,17)12-4-3-5-13(10-12)21(18,19)15-11-6-8-14-9-7-11;/h3-5,10-11,14-15H,2,6-9H2,1H3;1H. The minimum atomic E-state index is -3.69. The number of rotatable bonds is 5. The normalized spacial score (nSPS) is 17.0. The maximum atomic E-state index is 12.3. The zero-order valence-electron chi connectivity index (χ0n) is 12.3. The van der Waals surface area contributed by atoms with Crippen LogP contribution in [0.1, 0.15) is 19.8 Å². The predicted molar refractivity (Wildman–Crippen MR) is 87.6 cm³/mol. The fraction of sp³-hybridized carbons (Fsp3) is 0.538. The number of benzene rings is 1. The quantitative estimate of drug-likeness (QED) is 0.806. The molecule has 0 unspecified atom stereocenters. The van der Waals surface area contributed by atoms with E-state index in [1.54, 1.807) is 0 Å². The summed E-state index contributed by atoms with van der Waals surface area (Å²) in [6.45, 7) is 3.08. The number of halogens is 1. The van der Waals surface area contributed by atoms with Crippen LogP contribution in [0.15, 0.2) is 34.1 Å². The van der Waals surface area contributed by atoms with Crippen LogP contribution in [0.3, 0.4) is 0 Å². The lowest BCUT2D eigenvalue weighted by atomic mass is 10.1. The summed E-state index contributed by atoms with van der Waals surface area (Å²) in [6.07, 6.45) is 1.46. The van der Waals surface area contributed by atoms with Gasteiger partial charge < -0.3 is 5.32 Å². The third-order valence-corrected chi connectivity index (χ3v) is 6.77. The Balaban J connectivity index is 0.00000242. The van der Waals surface area contributed by atoms with Gasteiger partial charge in [0.25, 0.3) is 0 Å². The molecule has 22 heavy (non-hydrogen) atoms. The molecule has 0 aromatic heterocycles. The molecule has 0 saturated carbocycles. The second-order valence-corrected chi connectivity index (χ2v) is 9.02. The Kier molecular flexibility index (Phi) is 6.82. The van der Waals surface area contributed by atoms with Gasteiger partial charge in [0.2, 0.25) is 10.0 Å². The lowest BCUT2D eigenvalue weighted by molar-refractivity contribution is 0.427. The fourth-order valence-corrected chi connectivity index (χ4v) is 4.58. The van der Waals surface area contributed by atoms with E-state index in [0.29, 0.717) is 0 Å². The first kappa shape index (κ1) is 19.4. The monoisotopic (exact) mass is 368 g/mol. The molecule has 1 heterocycles. The number of sulfonamides is 1. The second kappa shape index (κ2) is 7.74. The maximum absolute atomic E-state index is 12.3. The molecule has 126 valence electrons. The van der Waals surface area contributed by atoms with E-state index < -0.39 is 19.9 Å². The van der Waals surface area contributed by atoms with E-state index in [9.17, 15) is 16.8 Å². The molecule has 6 nitrogen and oxygen atoms in total. The molecular formula is C13H21ClN2O4S2. The van der Waals surface area contributed by atoms with E-state index in [0.717, 1.165) is 25.9 Å². The van der Waals surface area contributed by atoms with Gasteiger partial charge in [0.1, 0.15) is 0 Å². The van der Waals surface area contributed by atoms with Crippen molar-refractivity contribution in [2.75, 3.05) is 18.8 Å². The fourth-order valence-electron chi connectivity index (χ4n) is 2.23. The number of nitrogens with one attached hydrogen (secondary N) is 2. The summed E-state index contributed by atoms with van der Waals surface area (Å²) in [5.74, 6) is -0.0573. The molecule has 0 atom stereocenters. The summed E-state index contributed by atoms with van der Waals surface area (Å²) < 4.78 is 51.0. The van der Waals surface area contributed by atoms with Gasteiger partial charge in [-0.2, -0.15) is 0 Å². The molecule has 0 radical (unpaired) electrons. The van der Waals surface area contributed by atoms with Crippen molar-refractivity contribution in [2.24, 2.45) is 0 Å². The molecule has 1 aromatic carbocycles. The highest BCUT2D eigenvalue weighted by Crippen LogP contribution is 2.18. The highest BCUT2D eigenvalue weighted by Gasteiger charge is 2.23. The molecule has 0 bridgehead atoms. The van der Waals surface area contributed by atoms with E-state index >= 15 is 0 Å². The van der Waals surface area contributed by atoms with Crippen LogP contribution >= 0.6 is 12.4 Å². The van der Waals surface area contributed by atoms with Crippen molar-refractivity contribution < 1.29 is 16.8 Å². The summed E-state index contributed by atoms with van der Waals surface area (Å²) in [5.41, 5.74) is 0. The third-order valence-electron chi connectivity index (χ3n) is 3.52. The maximum Gasteiger partial charge on any atom is 0.240 e. The number of hydrogen-bond donors (Lipinski definition) is 2. The van der Waals surface area contributed by atoms with E-state index in [2.05, 4.69) is 10.0 Å². The van der Waals surface area contributed by atoms with Gasteiger partial charge in [-0.05, 0) is 44.1 Å². The summed E-state index contributed by atoms with van der Waals surface area (Å²) in [5, 5.41) is 3.16. The average molecular weight is 369 g/mol. The number of hydrogen-bond acceptors (Lipinski definition) is 5. The molecule has 0 aliphatic carbocycles. The zero-order valence-corrected chi connectivity index (χ0v) is 14.7. The zero-order chi connectivity index (χ0) is 15.5. The van der Waals surface area contributed by atoms with Crippen molar-refractivity contribution in [2.45, 2.75) is 35.6 Å². The molecule has 1 fully saturated rings. The van der Waals surface area contributed by atoms with Crippen LogP contribution < -0.4 is 10.0 Å². The van der Waals surface area contributed by atoms with Crippen LogP contribution in [0.25, 0.3) is 0 Å². The van der Waals surface area contributed by atoms with Crippen molar-refractivity contribution >= 4 is 32.3 Å². The third kappa shape index (κ3) is 4.66.